The zero-order chi connectivity index (χ0) is 10.8. The lowest BCUT2D eigenvalue weighted by Gasteiger charge is -2.08. The summed E-state index contributed by atoms with van der Waals surface area (Å²) < 4.78 is 2.54. The largest absolute Gasteiger partial charge is 0.296 e. The molecule has 0 aliphatic rings. The topological polar surface area (TPSA) is 59.4 Å². The van der Waals surface area contributed by atoms with E-state index in [2.05, 4.69) is 34.0 Å². The van der Waals surface area contributed by atoms with Gasteiger partial charge in [-0.25, -0.2) is 9.97 Å². The number of rotatable bonds is 2. The Morgan fingerprint density at radius 3 is 2.87 bits per heavy atom. The van der Waals surface area contributed by atoms with Crippen molar-refractivity contribution in [3.63, 3.8) is 0 Å². The van der Waals surface area contributed by atoms with Gasteiger partial charge in [-0.2, -0.15) is 5.10 Å². The van der Waals surface area contributed by atoms with Crippen LogP contribution in [0.25, 0.3) is 11.5 Å². The minimum absolute atomic E-state index is 0.251. The molecule has 0 saturated carbocycles. The van der Waals surface area contributed by atoms with Crippen molar-refractivity contribution in [3.05, 3.63) is 23.4 Å². The SMILES string of the molecule is CC(C)n1c(-c2ccncn2)n[nH]c1=S. The summed E-state index contributed by atoms with van der Waals surface area (Å²) in [5, 5.41) is 6.94. The van der Waals surface area contributed by atoms with Crippen molar-refractivity contribution in [2.75, 3.05) is 0 Å². The molecule has 0 aliphatic carbocycles. The summed E-state index contributed by atoms with van der Waals surface area (Å²) in [7, 11) is 0. The zero-order valence-corrected chi connectivity index (χ0v) is 9.32. The van der Waals surface area contributed by atoms with E-state index < -0.39 is 0 Å². The molecule has 78 valence electrons. The van der Waals surface area contributed by atoms with Gasteiger partial charge in [0.2, 0.25) is 0 Å². The summed E-state index contributed by atoms with van der Waals surface area (Å²) in [5.74, 6) is 0.748. The number of hydrogen-bond donors (Lipinski definition) is 1. The lowest BCUT2D eigenvalue weighted by molar-refractivity contribution is 0.596. The molecule has 1 N–H and O–H groups in total. The summed E-state index contributed by atoms with van der Waals surface area (Å²) in [4.78, 5) is 8.01. The highest BCUT2D eigenvalue weighted by atomic mass is 32.1. The molecule has 2 aromatic heterocycles. The molecular formula is C9H11N5S. The Morgan fingerprint density at radius 1 is 1.47 bits per heavy atom. The van der Waals surface area contributed by atoms with Crippen LogP contribution in [-0.4, -0.2) is 24.7 Å². The second-order valence-electron chi connectivity index (χ2n) is 3.41. The van der Waals surface area contributed by atoms with Crippen LogP contribution in [0.1, 0.15) is 19.9 Å². The molecule has 6 heteroatoms. The first-order valence-corrected chi connectivity index (χ1v) is 5.04. The van der Waals surface area contributed by atoms with E-state index in [1.165, 1.54) is 6.33 Å². The second kappa shape index (κ2) is 3.90. The molecule has 0 fully saturated rings. The van der Waals surface area contributed by atoms with Gasteiger partial charge >= 0.3 is 0 Å². The van der Waals surface area contributed by atoms with Crippen molar-refractivity contribution in [3.8, 4) is 11.5 Å². The Labute approximate surface area is 92.2 Å². The van der Waals surface area contributed by atoms with Crippen LogP contribution in [0.4, 0.5) is 0 Å². The first kappa shape index (κ1) is 9.97. The molecule has 0 radical (unpaired) electrons. The third kappa shape index (κ3) is 1.80. The van der Waals surface area contributed by atoms with Crippen molar-refractivity contribution in [1.82, 2.24) is 24.7 Å². The third-order valence-corrected chi connectivity index (χ3v) is 2.32. The van der Waals surface area contributed by atoms with E-state index in [4.69, 9.17) is 12.2 Å². The fraction of sp³-hybridized carbons (Fsp3) is 0.333. The van der Waals surface area contributed by atoms with Gasteiger partial charge in [0, 0.05) is 12.2 Å². The van der Waals surface area contributed by atoms with Crippen LogP contribution in [0.5, 0.6) is 0 Å². The Bertz CT molecular complexity index is 499. The van der Waals surface area contributed by atoms with Crippen molar-refractivity contribution < 1.29 is 0 Å². The standard InChI is InChI=1S/C9H11N5S/c1-6(2)14-8(12-13-9(14)15)7-3-4-10-5-11-7/h3-6H,1-2H3,(H,13,15). The van der Waals surface area contributed by atoms with E-state index in [0.29, 0.717) is 4.77 Å². The van der Waals surface area contributed by atoms with Crippen LogP contribution < -0.4 is 0 Å². The summed E-state index contributed by atoms with van der Waals surface area (Å²) in [5.41, 5.74) is 0.769. The van der Waals surface area contributed by atoms with Gasteiger partial charge < -0.3 is 0 Å². The molecular weight excluding hydrogens is 210 g/mol. The van der Waals surface area contributed by atoms with Crippen LogP contribution >= 0.6 is 12.2 Å². The smallest absolute Gasteiger partial charge is 0.195 e. The van der Waals surface area contributed by atoms with Gasteiger partial charge in [0.1, 0.15) is 12.0 Å². The molecule has 0 spiro atoms. The molecule has 0 aromatic carbocycles. The van der Waals surface area contributed by atoms with Gasteiger partial charge in [0.25, 0.3) is 0 Å². The van der Waals surface area contributed by atoms with E-state index in [1.54, 1.807) is 6.20 Å². The predicted octanol–water partition coefficient (Wildman–Crippen LogP) is 1.98. The van der Waals surface area contributed by atoms with Gasteiger partial charge in [0.05, 0.1) is 0 Å². The predicted molar refractivity (Wildman–Crippen MR) is 58.8 cm³/mol. The monoisotopic (exact) mass is 221 g/mol. The summed E-state index contributed by atoms with van der Waals surface area (Å²) in [6.45, 7) is 4.10. The second-order valence-corrected chi connectivity index (χ2v) is 3.80. The van der Waals surface area contributed by atoms with E-state index >= 15 is 0 Å². The Morgan fingerprint density at radius 2 is 2.27 bits per heavy atom. The number of H-pyrrole nitrogens is 1. The van der Waals surface area contributed by atoms with Gasteiger partial charge in [-0.05, 0) is 32.1 Å². The van der Waals surface area contributed by atoms with Crippen molar-refractivity contribution >= 4 is 12.2 Å². The summed E-state index contributed by atoms with van der Waals surface area (Å²) >= 11 is 5.15. The molecule has 2 heterocycles. The molecule has 0 aliphatic heterocycles. The van der Waals surface area contributed by atoms with E-state index in [-0.39, 0.29) is 6.04 Å². The highest BCUT2D eigenvalue weighted by molar-refractivity contribution is 7.71. The van der Waals surface area contributed by atoms with Gasteiger partial charge in [-0.15, -0.1) is 0 Å². The van der Waals surface area contributed by atoms with Crippen molar-refractivity contribution in [2.45, 2.75) is 19.9 Å². The fourth-order valence-corrected chi connectivity index (χ4v) is 1.73. The van der Waals surface area contributed by atoms with E-state index in [9.17, 15) is 0 Å². The number of aromatic amines is 1. The normalized spacial score (nSPS) is 10.9. The maximum absolute atomic E-state index is 5.15. The molecule has 2 rings (SSSR count). The first-order chi connectivity index (χ1) is 7.20. The highest BCUT2D eigenvalue weighted by Gasteiger charge is 2.11. The highest BCUT2D eigenvalue weighted by Crippen LogP contribution is 2.17. The quantitative estimate of drug-likeness (QED) is 0.788. The lowest BCUT2D eigenvalue weighted by atomic mass is 10.3. The maximum atomic E-state index is 5.15. The summed E-state index contributed by atoms with van der Waals surface area (Å²) in [6, 6.07) is 2.06. The van der Waals surface area contributed by atoms with Crippen LogP contribution in [0.15, 0.2) is 18.6 Å². The molecule has 0 atom stereocenters. The lowest BCUT2D eigenvalue weighted by Crippen LogP contribution is -2.04. The van der Waals surface area contributed by atoms with Crippen LogP contribution in [0, 0.1) is 4.77 Å². The maximum Gasteiger partial charge on any atom is 0.195 e. The first-order valence-electron chi connectivity index (χ1n) is 4.63. The molecule has 5 nitrogen and oxygen atoms in total. The molecule has 0 bridgehead atoms. The molecule has 0 unspecified atom stereocenters. The van der Waals surface area contributed by atoms with Gasteiger partial charge in [0.15, 0.2) is 10.6 Å². The minimum Gasteiger partial charge on any atom is -0.296 e. The van der Waals surface area contributed by atoms with Crippen molar-refractivity contribution in [2.24, 2.45) is 0 Å². The van der Waals surface area contributed by atoms with Gasteiger partial charge in [-0.1, -0.05) is 0 Å². The molecule has 0 saturated heterocycles. The van der Waals surface area contributed by atoms with Crippen LogP contribution in [-0.2, 0) is 0 Å². The van der Waals surface area contributed by atoms with Crippen LogP contribution in [0.3, 0.4) is 0 Å². The number of nitrogens with zero attached hydrogens (tertiary/aromatic N) is 4. The Hall–Kier alpha value is -1.56. The average Bonchev–Trinajstić information content (AvgIpc) is 2.61. The average molecular weight is 221 g/mol. The molecule has 0 amide bonds. The van der Waals surface area contributed by atoms with E-state index in [0.717, 1.165) is 11.5 Å². The van der Waals surface area contributed by atoms with E-state index in [1.807, 2.05) is 10.6 Å². The number of nitrogens with one attached hydrogen (secondary N) is 1. The Kier molecular flexibility index (Phi) is 2.59. The minimum atomic E-state index is 0.251. The number of aromatic nitrogens is 5. The summed E-state index contributed by atoms with van der Waals surface area (Å²) in [6.07, 6.45) is 3.18. The third-order valence-electron chi connectivity index (χ3n) is 2.03. The number of hydrogen-bond acceptors (Lipinski definition) is 4. The fourth-order valence-electron chi connectivity index (χ4n) is 1.39. The van der Waals surface area contributed by atoms with Crippen molar-refractivity contribution in [1.29, 1.82) is 0 Å². The van der Waals surface area contributed by atoms with Crippen LogP contribution in [0.2, 0.25) is 0 Å². The zero-order valence-electron chi connectivity index (χ0n) is 8.51. The molecule has 2 aromatic rings. The Balaban J connectivity index is 2.59. The molecule has 15 heavy (non-hydrogen) atoms. The van der Waals surface area contributed by atoms with Gasteiger partial charge in [-0.3, -0.25) is 9.67 Å².